The lowest BCUT2D eigenvalue weighted by Crippen LogP contribution is -2.26. The molecule has 1 unspecified atom stereocenters. The highest BCUT2D eigenvalue weighted by Crippen LogP contribution is 2.06. The highest BCUT2D eigenvalue weighted by atomic mass is 16.3. The van der Waals surface area contributed by atoms with Gasteiger partial charge in [0.05, 0.1) is 11.8 Å². The summed E-state index contributed by atoms with van der Waals surface area (Å²) in [7, 11) is 1.98. The van der Waals surface area contributed by atoms with E-state index in [0.29, 0.717) is 6.54 Å². The number of imidazole rings is 1. The first-order chi connectivity index (χ1) is 7.65. The summed E-state index contributed by atoms with van der Waals surface area (Å²) >= 11 is 0. The number of aromatic nitrogens is 2. The first-order valence-electron chi connectivity index (χ1n) is 5.44. The van der Waals surface area contributed by atoms with Gasteiger partial charge in [-0.3, -0.25) is 4.90 Å². The van der Waals surface area contributed by atoms with Gasteiger partial charge < -0.3 is 9.51 Å². The summed E-state index contributed by atoms with van der Waals surface area (Å²) < 4.78 is 2.01. The Morgan fingerprint density at radius 3 is 3.00 bits per heavy atom. The molecule has 1 atom stereocenters. The molecule has 86 valence electrons. The minimum Gasteiger partial charge on any atom is -0.392 e. The van der Waals surface area contributed by atoms with Crippen molar-refractivity contribution in [1.82, 2.24) is 14.3 Å². The van der Waals surface area contributed by atoms with Crippen LogP contribution in [-0.4, -0.2) is 39.1 Å². The second kappa shape index (κ2) is 4.63. The molecule has 2 heterocycles. The topological polar surface area (TPSA) is 40.8 Å². The smallest absolute Gasteiger partial charge is 0.137 e. The lowest BCUT2D eigenvalue weighted by atomic mass is 10.3. The second-order valence-electron chi connectivity index (χ2n) is 4.24. The molecule has 0 aliphatic rings. The van der Waals surface area contributed by atoms with E-state index in [1.165, 1.54) is 0 Å². The van der Waals surface area contributed by atoms with E-state index in [4.69, 9.17) is 0 Å². The van der Waals surface area contributed by atoms with Gasteiger partial charge in [0.15, 0.2) is 0 Å². The van der Waals surface area contributed by atoms with Crippen LogP contribution in [0.2, 0.25) is 0 Å². The van der Waals surface area contributed by atoms with Crippen LogP contribution in [0.15, 0.2) is 30.6 Å². The maximum absolute atomic E-state index is 9.27. The van der Waals surface area contributed by atoms with Crippen molar-refractivity contribution in [2.24, 2.45) is 0 Å². The van der Waals surface area contributed by atoms with Crippen LogP contribution in [-0.2, 0) is 6.54 Å². The third-order valence-corrected chi connectivity index (χ3v) is 2.42. The molecule has 0 fully saturated rings. The molecule has 16 heavy (non-hydrogen) atoms. The van der Waals surface area contributed by atoms with E-state index in [1.807, 2.05) is 42.0 Å². The molecule has 0 aliphatic heterocycles. The van der Waals surface area contributed by atoms with Crippen molar-refractivity contribution in [1.29, 1.82) is 0 Å². The van der Waals surface area contributed by atoms with Gasteiger partial charge in [-0.25, -0.2) is 4.98 Å². The highest BCUT2D eigenvalue weighted by molar-refractivity contribution is 5.39. The van der Waals surface area contributed by atoms with Gasteiger partial charge in [-0.05, 0) is 26.1 Å². The van der Waals surface area contributed by atoms with Crippen molar-refractivity contribution >= 4 is 5.65 Å². The van der Waals surface area contributed by atoms with Crippen LogP contribution in [0.4, 0.5) is 0 Å². The van der Waals surface area contributed by atoms with Gasteiger partial charge in [-0.2, -0.15) is 0 Å². The number of pyridine rings is 1. The maximum atomic E-state index is 9.27. The van der Waals surface area contributed by atoms with Crippen molar-refractivity contribution < 1.29 is 5.11 Å². The Morgan fingerprint density at radius 2 is 2.31 bits per heavy atom. The van der Waals surface area contributed by atoms with Crippen LogP contribution in [0.3, 0.4) is 0 Å². The van der Waals surface area contributed by atoms with E-state index in [-0.39, 0.29) is 6.10 Å². The molecule has 4 nitrogen and oxygen atoms in total. The van der Waals surface area contributed by atoms with Crippen LogP contribution in [0.5, 0.6) is 0 Å². The van der Waals surface area contributed by atoms with Gasteiger partial charge in [0.1, 0.15) is 5.65 Å². The Bertz CT molecular complexity index is 431. The third-order valence-electron chi connectivity index (χ3n) is 2.42. The Hall–Kier alpha value is -1.39. The lowest BCUT2D eigenvalue weighted by molar-refractivity contribution is 0.138. The Labute approximate surface area is 95.1 Å². The number of hydrogen-bond acceptors (Lipinski definition) is 3. The predicted molar refractivity (Wildman–Crippen MR) is 63.2 cm³/mol. The SMILES string of the molecule is CC(O)CN(C)Cc1cn2ccccc2n1. The quantitative estimate of drug-likeness (QED) is 0.838. The summed E-state index contributed by atoms with van der Waals surface area (Å²) in [5.41, 5.74) is 1.98. The fraction of sp³-hybridized carbons (Fsp3) is 0.417. The Kier molecular flexibility index (Phi) is 3.22. The fourth-order valence-electron chi connectivity index (χ4n) is 1.86. The number of likely N-dealkylation sites (N-methyl/N-ethyl adjacent to an activating group) is 1. The second-order valence-corrected chi connectivity index (χ2v) is 4.24. The van der Waals surface area contributed by atoms with E-state index < -0.39 is 0 Å². The normalized spacial score (nSPS) is 13.5. The first-order valence-corrected chi connectivity index (χ1v) is 5.44. The molecule has 0 saturated carbocycles. The van der Waals surface area contributed by atoms with Gasteiger partial charge in [0.25, 0.3) is 0 Å². The van der Waals surface area contributed by atoms with Gasteiger partial charge in [-0.15, -0.1) is 0 Å². The van der Waals surface area contributed by atoms with E-state index in [2.05, 4.69) is 9.88 Å². The summed E-state index contributed by atoms with van der Waals surface area (Å²) in [6, 6.07) is 5.95. The Balaban J connectivity index is 2.09. The number of fused-ring (bicyclic) bond motifs is 1. The summed E-state index contributed by atoms with van der Waals surface area (Å²) in [5.74, 6) is 0. The lowest BCUT2D eigenvalue weighted by Gasteiger charge is -2.16. The van der Waals surface area contributed by atoms with Crippen molar-refractivity contribution in [3.8, 4) is 0 Å². The summed E-state index contributed by atoms with van der Waals surface area (Å²) in [5, 5.41) is 9.27. The van der Waals surface area contributed by atoms with Crippen LogP contribution in [0.25, 0.3) is 5.65 Å². The average molecular weight is 219 g/mol. The number of rotatable bonds is 4. The zero-order valence-electron chi connectivity index (χ0n) is 9.67. The van der Waals surface area contributed by atoms with E-state index in [9.17, 15) is 5.11 Å². The highest BCUT2D eigenvalue weighted by Gasteiger charge is 2.06. The van der Waals surface area contributed by atoms with E-state index >= 15 is 0 Å². The van der Waals surface area contributed by atoms with Crippen LogP contribution >= 0.6 is 0 Å². The molecule has 0 radical (unpaired) electrons. The molecule has 2 rings (SSSR count). The largest absolute Gasteiger partial charge is 0.392 e. The first kappa shape index (κ1) is 11.1. The average Bonchev–Trinajstić information content (AvgIpc) is 2.57. The summed E-state index contributed by atoms with van der Waals surface area (Å²) in [6.07, 6.45) is 3.70. The molecule has 2 aromatic rings. The molecule has 0 amide bonds. The van der Waals surface area contributed by atoms with Crippen LogP contribution in [0, 0.1) is 0 Å². The number of aliphatic hydroxyl groups is 1. The molecule has 0 spiro atoms. The molecule has 0 saturated heterocycles. The molecule has 0 aliphatic carbocycles. The zero-order valence-corrected chi connectivity index (χ0v) is 9.67. The number of hydrogen-bond donors (Lipinski definition) is 1. The van der Waals surface area contributed by atoms with Crippen LogP contribution in [0.1, 0.15) is 12.6 Å². The van der Waals surface area contributed by atoms with Crippen molar-refractivity contribution in [3.05, 3.63) is 36.3 Å². The maximum Gasteiger partial charge on any atom is 0.137 e. The third kappa shape index (κ3) is 2.59. The minimum absolute atomic E-state index is 0.304. The molecule has 2 aromatic heterocycles. The molecule has 4 heteroatoms. The van der Waals surface area contributed by atoms with Crippen molar-refractivity contribution in [2.75, 3.05) is 13.6 Å². The number of aliphatic hydroxyl groups excluding tert-OH is 1. The summed E-state index contributed by atoms with van der Waals surface area (Å²) in [6.45, 7) is 3.21. The molecular formula is C12H17N3O. The van der Waals surface area contributed by atoms with Gasteiger partial charge in [0.2, 0.25) is 0 Å². The van der Waals surface area contributed by atoms with Crippen molar-refractivity contribution in [2.45, 2.75) is 19.6 Å². The van der Waals surface area contributed by atoms with Gasteiger partial charge >= 0.3 is 0 Å². The van der Waals surface area contributed by atoms with Gasteiger partial charge in [-0.1, -0.05) is 6.07 Å². The van der Waals surface area contributed by atoms with E-state index in [0.717, 1.165) is 17.9 Å². The fourth-order valence-corrected chi connectivity index (χ4v) is 1.86. The monoisotopic (exact) mass is 219 g/mol. The molecular weight excluding hydrogens is 202 g/mol. The van der Waals surface area contributed by atoms with Gasteiger partial charge in [0, 0.05) is 25.5 Å². The standard InChI is InChI=1S/C12H17N3O/c1-10(16)7-14(2)8-11-9-15-6-4-3-5-12(15)13-11/h3-6,9-10,16H,7-8H2,1-2H3. The summed E-state index contributed by atoms with van der Waals surface area (Å²) in [4.78, 5) is 6.56. The van der Waals surface area contributed by atoms with E-state index in [1.54, 1.807) is 6.92 Å². The van der Waals surface area contributed by atoms with Crippen molar-refractivity contribution in [3.63, 3.8) is 0 Å². The molecule has 0 aromatic carbocycles. The zero-order chi connectivity index (χ0) is 11.5. The van der Waals surface area contributed by atoms with Crippen LogP contribution < -0.4 is 0 Å². The predicted octanol–water partition coefficient (Wildman–Crippen LogP) is 1.15. The molecule has 1 N–H and O–H groups in total. The number of nitrogens with zero attached hydrogens (tertiary/aromatic N) is 3. The Morgan fingerprint density at radius 1 is 1.50 bits per heavy atom. The molecule has 0 bridgehead atoms. The minimum atomic E-state index is -0.304.